The van der Waals surface area contributed by atoms with Crippen LogP contribution in [0.3, 0.4) is 0 Å². The Morgan fingerprint density at radius 2 is 1.73 bits per heavy atom. The van der Waals surface area contributed by atoms with Crippen molar-refractivity contribution in [3.8, 4) is 33.4 Å². The van der Waals surface area contributed by atoms with Gasteiger partial charge in [0.05, 0.1) is 17.9 Å². The molecule has 0 aliphatic heterocycles. The van der Waals surface area contributed by atoms with Gasteiger partial charge in [-0.05, 0) is 68.1 Å². The lowest BCUT2D eigenvalue weighted by Gasteiger charge is -2.23. The minimum atomic E-state index is -1.53. The predicted molar refractivity (Wildman–Crippen MR) is 158 cm³/mol. The van der Waals surface area contributed by atoms with E-state index >= 15 is 0 Å². The minimum Gasteiger partial charge on any atom is -0.493 e. The fraction of sp³-hybridized carbons (Fsp3) is 0.182. The molecule has 0 radical (unpaired) electrons. The summed E-state index contributed by atoms with van der Waals surface area (Å²) in [6.45, 7) is 5.04. The minimum absolute atomic E-state index is 0.167. The third kappa shape index (κ3) is 6.39. The van der Waals surface area contributed by atoms with Crippen molar-refractivity contribution >= 4 is 23.1 Å². The lowest BCUT2D eigenvalue weighted by atomic mass is 10.0. The van der Waals surface area contributed by atoms with Crippen LogP contribution in [0.2, 0.25) is 0 Å². The van der Waals surface area contributed by atoms with Gasteiger partial charge in [0.2, 0.25) is 5.89 Å². The van der Waals surface area contributed by atoms with E-state index in [2.05, 4.69) is 18.2 Å². The molecular weight excluding hydrogens is 538 g/mol. The molecule has 0 aliphatic rings. The number of thiophene rings is 1. The second-order valence-corrected chi connectivity index (χ2v) is 10.9. The second kappa shape index (κ2) is 11.8. The number of carboxylic acid groups (broad SMARTS) is 1. The van der Waals surface area contributed by atoms with Crippen LogP contribution in [0.5, 0.6) is 11.5 Å². The first-order valence-electron chi connectivity index (χ1n) is 13.1. The van der Waals surface area contributed by atoms with E-state index in [4.69, 9.17) is 18.9 Å². The molecule has 3 aromatic carbocycles. The van der Waals surface area contributed by atoms with Gasteiger partial charge in [0, 0.05) is 22.4 Å². The number of rotatable bonds is 11. The Balaban J connectivity index is 1.32. The fourth-order valence-electron chi connectivity index (χ4n) is 4.23. The molecule has 0 unspecified atom stereocenters. The van der Waals surface area contributed by atoms with Crippen LogP contribution in [0.4, 0.5) is 0 Å². The molecule has 0 bridgehead atoms. The maximum atomic E-state index is 13.3. The number of ketones is 1. The van der Waals surface area contributed by atoms with Crippen molar-refractivity contribution in [2.45, 2.75) is 32.8 Å². The zero-order valence-electron chi connectivity index (χ0n) is 22.9. The van der Waals surface area contributed by atoms with E-state index in [1.54, 1.807) is 53.8 Å². The highest BCUT2D eigenvalue weighted by Gasteiger charge is 2.31. The van der Waals surface area contributed by atoms with Gasteiger partial charge in [0.15, 0.2) is 11.4 Å². The molecule has 7 nitrogen and oxygen atoms in total. The first-order chi connectivity index (χ1) is 19.7. The Morgan fingerprint density at radius 3 is 2.46 bits per heavy atom. The molecule has 2 heterocycles. The summed E-state index contributed by atoms with van der Waals surface area (Å²) in [5.41, 5.74) is 1.93. The fourth-order valence-corrected chi connectivity index (χ4v) is 4.95. The number of ether oxygens (including phenoxy) is 2. The normalized spacial score (nSPS) is 11.3. The van der Waals surface area contributed by atoms with Gasteiger partial charge in [-0.15, -0.1) is 11.3 Å². The monoisotopic (exact) mass is 567 g/mol. The van der Waals surface area contributed by atoms with Crippen LogP contribution < -0.4 is 9.47 Å². The van der Waals surface area contributed by atoms with Gasteiger partial charge in [0.25, 0.3) is 0 Å². The Kier molecular flexibility index (Phi) is 8.03. The van der Waals surface area contributed by atoms with Crippen molar-refractivity contribution in [3.05, 3.63) is 113 Å². The summed E-state index contributed by atoms with van der Waals surface area (Å²) >= 11 is 1.68. The number of oxazole rings is 1. The molecule has 5 rings (SSSR count). The van der Waals surface area contributed by atoms with Crippen molar-refractivity contribution in [1.29, 1.82) is 0 Å². The van der Waals surface area contributed by atoms with E-state index in [0.29, 0.717) is 36.0 Å². The molecule has 0 saturated heterocycles. The Hall–Kier alpha value is -4.69. The van der Waals surface area contributed by atoms with Gasteiger partial charge in [-0.25, -0.2) is 9.78 Å². The lowest BCUT2D eigenvalue weighted by Crippen LogP contribution is -2.38. The number of aromatic nitrogens is 1. The maximum Gasteiger partial charge on any atom is 0.347 e. The van der Waals surface area contributed by atoms with Crippen LogP contribution in [0.1, 0.15) is 41.2 Å². The number of hydrogen-bond acceptors (Lipinski definition) is 7. The summed E-state index contributed by atoms with van der Waals surface area (Å²) in [4.78, 5) is 30.9. The van der Waals surface area contributed by atoms with Crippen molar-refractivity contribution in [2.24, 2.45) is 0 Å². The number of carbonyl (C=O) groups excluding carboxylic acids is 1. The SMILES string of the molecule is Cc1oc(-c2cccc(-c3cccs3)c2)nc1CCOc1ccc(OC(C)(C)C(=O)O)c(C(=O)c2ccccc2)c1. The van der Waals surface area contributed by atoms with E-state index in [0.717, 1.165) is 16.8 Å². The number of aryl methyl sites for hydroxylation is 1. The summed E-state index contributed by atoms with van der Waals surface area (Å²) in [5, 5.41) is 11.6. The second-order valence-electron chi connectivity index (χ2n) is 9.95. The van der Waals surface area contributed by atoms with E-state index in [9.17, 15) is 14.7 Å². The van der Waals surface area contributed by atoms with Gasteiger partial charge in [-0.2, -0.15) is 0 Å². The summed E-state index contributed by atoms with van der Waals surface area (Å²) in [7, 11) is 0. The summed E-state index contributed by atoms with van der Waals surface area (Å²) in [6, 6.07) is 25.8. The number of hydrogen-bond donors (Lipinski definition) is 1. The number of benzene rings is 3. The van der Waals surface area contributed by atoms with Crippen LogP contribution in [-0.4, -0.2) is 34.1 Å². The standard InChI is InChI=1S/C33H29NO6S/c1-21-27(34-31(39-21)24-12-7-11-23(19-24)29-13-8-18-41-29)16-17-38-25-14-15-28(40-33(2,3)32(36)37)26(20-25)30(35)22-9-5-4-6-10-22/h4-15,18-20H,16-17H2,1-3H3,(H,36,37). The molecule has 0 atom stereocenters. The Bertz CT molecular complexity index is 1670. The quantitative estimate of drug-likeness (QED) is 0.165. The highest BCUT2D eigenvalue weighted by molar-refractivity contribution is 7.13. The number of carboxylic acids is 1. The summed E-state index contributed by atoms with van der Waals surface area (Å²) in [6.07, 6.45) is 0.492. The lowest BCUT2D eigenvalue weighted by molar-refractivity contribution is -0.152. The van der Waals surface area contributed by atoms with E-state index in [1.165, 1.54) is 18.7 Å². The van der Waals surface area contributed by atoms with Crippen LogP contribution in [0.15, 0.2) is 94.7 Å². The van der Waals surface area contributed by atoms with Gasteiger partial charge in [0.1, 0.15) is 17.3 Å². The molecule has 0 amide bonds. The third-order valence-electron chi connectivity index (χ3n) is 6.53. The smallest absolute Gasteiger partial charge is 0.347 e. The highest BCUT2D eigenvalue weighted by atomic mass is 32.1. The summed E-state index contributed by atoms with van der Waals surface area (Å²) in [5.74, 6) is 0.444. The van der Waals surface area contributed by atoms with E-state index in [-0.39, 0.29) is 17.1 Å². The van der Waals surface area contributed by atoms with Crippen molar-refractivity contribution < 1.29 is 28.6 Å². The van der Waals surface area contributed by atoms with Crippen LogP contribution in [0, 0.1) is 6.92 Å². The van der Waals surface area contributed by atoms with Crippen molar-refractivity contribution in [1.82, 2.24) is 4.98 Å². The molecule has 0 fully saturated rings. The number of carbonyl (C=O) groups is 2. The average molecular weight is 568 g/mol. The number of aliphatic carboxylic acids is 1. The first-order valence-corrected chi connectivity index (χ1v) is 14.0. The molecule has 8 heteroatoms. The maximum absolute atomic E-state index is 13.3. The predicted octanol–water partition coefficient (Wildman–Crippen LogP) is 7.47. The molecular formula is C33H29NO6S. The van der Waals surface area contributed by atoms with E-state index < -0.39 is 11.6 Å². The zero-order chi connectivity index (χ0) is 29.0. The molecule has 41 heavy (non-hydrogen) atoms. The molecule has 2 aromatic heterocycles. The molecule has 1 N–H and O–H groups in total. The van der Waals surface area contributed by atoms with Crippen LogP contribution in [-0.2, 0) is 11.2 Å². The number of nitrogens with zero attached hydrogens (tertiary/aromatic N) is 1. The van der Waals surface area contributed by atoms with Gasteiger partial charge >= 0.3 is 5.97 Å². The molecule has 0 spiro atoms. The van der Waals surface area contributed by atoms with Gasteiger partial charge in [-0.1, -0.05) is 48.5 Å². The van der Waals surface area contributed by atoms with E-state index in [1.807, 2.05) is 36.6 Å². The van der Waals surface area contributed by atoms with Gasteiger partial charge in [-0.3, -0.25) is 4.79 Å². The Labute approximate surface area is 242 Å². The topological polar surface area (TPSA) is 98.9 Å². The average Bonchev–Trinajstić information content (AvgIpc) is 3.64. The van der Waals surface area contributed by atoms with Crippen molar-refractivity contribution in [3.63, 3.8) is 0 Å². The Morgan fingerprint density at radius 1 is 0.951 bits per heavy atom. The van der Waals surface area contributed by atoms with Crippen LogP contribution >= 0.6 is 11.3 Å². The van der Waals surface area contributed by atoms with Crippen LogP contribution in [0.25, 0.3) is 21.9 Å². The molecule has 0 saturated carbocycles. The van der Waals surface area contributed by atoms with Gasteiger partial charge < -0.3 is 19.0 Å². The van der Waals surface area contributed by atoms with Crippen molar-refractivity contribution in [2.75, 3.05) is 6.61 Å². The molecule has 208 valence electrons. The molecule has 0 aliphatic carbocycles. The summed E-state index contributed by atoms with van der Waals surface area (Å²) < 4.78 is 17.7. The highest BCUT2D eigenvalue weighted by Crippen LogP contribution is 2.31. The zero-order valence-corrected chi connectivity index (χ0v) is 23.7. The third-order valence-corrected chi connectivity index (χ3v) is 7.45. The molecule has 5 aromatic rings. The first kappa shape index (κ1) is 27.9. The largest absolute Gasteiger partial charge is 0.493 e.